The zero-order valence-corrected chi connectivity index (χ0v) is 18.9. The number of pyridine rings is 2. The fourth-order valence-electron chi connectivity index (χ4n) is 3.11. The standard InChI is InChI=1S/C21H23N7O2S2/c29-32(30)26-20(21(27-32)25-15-17-7-11-22-12-8-17)24-10-4-13-28(16-18-5-3-14-31-18)19-6-1-2-9-23-19/h1-3,5-9,11-12,14H,4,10,13,15-16H2,(H,24,26)(H,25,27). The van der Waals surface area contributed by atoms with Gasteiger partial charge in [0.2, 0.25) is 0 Å². The molecule has 32 heavy (non-hydrogen) atoms. The smallest absolute Gasteiger partial charge is 0.324 e. The number of hydrogen-bond donors (Lipinski definition) is 2. The van der Waals surface area contributed by atoms with E-state index in [0.717, 1.165) is 30.9 Å². The van der Waals surface area contributed by atoms with Crippen LogP contribution < -0.4 is 14.3 Å². The Morgan fingerprint density at radius 3 is 2.50 bits per heavy atom. The van der Waals surface area contributed by atoms with Gasteiger partial charge in [0.1, 0.15) is 5.82 Å². The van der Waals surface area contributed by atoms with Crippen LogP contribution in [0.5, 0.6) is 0 Å². The Kier molecular flexibility index (Phi) is 7.07. The van der Waals surface area contributed by atoms with E-state index in [1.54, 1.807) is 29.9 Å². The van der Waals surface area contributed by atoms with E-state index in [-0.39, 0.29) is 11.7 Å². The zero-order chi connectivity index (χ0) is 22.2. The van der Waals surface area contributed by atoms with Crippen LogP contribution in [0.2, 0.25) is 0 Å². The summed E-state index contributed by atoms with van der Waals surface area (Å²) in [5.74, 6) is 1.36. The molecule has 0 bridgehead atoms. The lowest BCUT2D eigenvalue weighted by Crippen LogP contribution is -2.26. The number of anilines is 1. The molecular weight excluding hydrogens is 446 g/mol. The van der Waals surface area contributed by atoms with Crippen LogP contribution in [-0.4, -0.2) is 43.1 Å². The molecule has 0 radical (unpaired) electrons. The second kappa shape index (κ2) is 10.3. The lowest BCUT2D eigenvalue weighted by atomic mass is 10.3. The number of aliphatic imine (C=N–C) groups is 2. The van der Waals surface area contributed by atoms with Gasteiger partial charge in [0.15, 0.2) is 11.7 Å². The molecule has 2 N–H and O–H groups in total. The summed E-state index contributed by atoms with van der Waals surface area (Å²) >= 11 is 1.71. The summed E-state index contributed by atoms with van der Waals surface area (Å²) in [6.07, 6.45) is 5.85. The maximum Gasteiger partial charge on any atom is 0.324 e. The summed E-state index contributed by atoms with van der Waals surface area (Å²) in [6.45, 7) is 2.27. The van der Waals surface area contributed by atoms with Crippen molar-refractivity contribution < 1.29 is 8.42 Å². The van der Waals surface area contributed by atoms with Crippen molar-refractivity contribution in [3.8, 4) is 0 Å². The van der Waals surface area contributed by atoms with Gasteiger partial charge < -0.3 is 4.90 Å². The fourth-order valence-corrected chi connectivity index (χ4v) is 4.71. The Bertz CT molecular complexity index is 1170. The molecule has 0 unspecified atom stereocenters. The number of nitrogens with one attached hydrogen (secondary N) is 2. The average molecular weight is 470 g/mol. The van der Waals surface area contributed by atoms with Gasteiger partial charge in [-0.2, -0.15) is 8.42 Å². The summed E-state index contributed by atoms with van der Waals surface area (Å²) in [4.78, 5) is 20.7. The van der Waals surface area contributed by atoms with Crippen LogP contribution >= 0.6 is 11.3 Å². The first-order chi connectivity index (χ1) is 15.6. The first kappa shape index (κ1) is 21.9. The van der Waals surface area contributed by atoms with Crippen molar-refractivity contribution in [2.75, 3.05) is 18.0 Å². The molecule has 3 aromatic heterocycles. The van der Waals surface area contributed by atoms with Gasteiger partial charge in [-0.1, -0.05) is 12.1 Å². The molecule has 0 spiro atoms. The quantitative estimate of drug-likeness (QED) is 0.467. The van der Waals surface area contributed by atoms with Crippen molar-refractivity contribution in [3.05, 3.63) is 76.9 Å². The molecule has 0 amide bonds. The van der Waals surface area contributed by atoms with E-state index >= 15 is 0 Å². The molecule has 1 aliphatic rings. The molecule has 4 rings (SSSR count). The second-order valence-electron chi connectivity index (χ2n) is 7.00. The van der Waals surface area contributed by atoms with Crippen LogP contribution in [0.3, 0.4) is 0 Å². The molecule has 11 heteroatoms. The van der Waals surface area contributed by atoms with Gasteiger partial charge >= 0.3 is 10.2 Å². The number of amidine groups is 2. The highest BCUT2D eigenvalue weighted by Gasteiger charge is 2.28. The molecule has 1 fully saturated rings. The molecular formula is C21H23N7O2S2. The van der Waals surface area contributed by atoms with Crippen molar-refractivity contribution in [3.63, 3.8) is 0 Å². The van der Waals surface area contributed by atoms with E-state index in [1.165, 1.54) is 4.88 Å². The van der Waals surface area contributed by atoms with Gasteiger partial charge in [0, 0.05) is 36.6 Å². The molecule has 0 atom stereocenters. The zero-order valence-electron chi connectivity index (χ0n) is 17.3. The van der Waals surface area contributed by atoms with Crippen molar-refractivity contribution >= 4 is 39.0 Å². The van der Waals surface area contributed by atoms with Crippen LogP contribution in [0.15, 0.2) is 76.4 Å². The average Bonchev–Trinajstić information content (AvgIpc) is 3.42. The van der Waals surface area contributed by atoms with Crippen LogP contribution in [0, 0.1) is 0 Å². The van der Waals surface area contributed by atoms with Crippen molar-refractivity contribution in [1.29, 1.82) is 0 Å². The Balaban J connectivity index is 1.40. The van der Waals surface area contributed by atoms with E-state index in [4.69, 9.17) is 0 Å². The lowest BCUT2D eigenvalue weighted by molar-refractivity contribution is 0.591. The molecule has 9 nitrogen and oxygen atoms in total. The highest BCUT2D eigenvalue weighted by molar-refractivity contribution is 7.89. The highest BCUT2D eigenvalue weighted by Crippen LogP contribution is 2.17. The van der Waals surface area contributed by atoms with Crippen LogP contribution in [-0.2, 0) is 23.3 Å². The predicted molar refractivity (Wildman–Crippen MR) is 127 cm³/mol. The molecule has 0 aromatic carbocycles. The first-order valence-electron chi connectivity index (χ1n) is 10.1. The van der Waals surface area contributed by atoms with E-state index in [1.807, 2.05) is 36.4 Å². The third-order valence-corrected chi connectivity index (χ3v) is 6.40. The summed E-state index contributed by atoms with van der Waals surface area (Å²) in [5.41, 5.74) is 0.928. The van der Waals surface area contributed by atoms with Crippen molar-refractivity contribution in [2.45, 2.75) is 19.5 Å². The third kappa shape index (κ3) is 6.11. The van der Waals surface area contributed by atoms with E-state index < -0.39 is 10.2 Å². The Hall–Kier alpha value is -3.31. The van der Waals surface area contributed by atoms with Gasteiger partial charge in [-0.25, -0.2) is 14.4 Å². The maximum absolute atomic E-state index is 12.0. The number of rotatable bonds is 9. The Labute approximate surface area is 191 Å². The first-order valence-corrected chi connectivity index (χ1v) is 12.4. The van der Waals surface area contributed by atoms with Crippen molar-refractivity contribution in [2.24, 2.45) is 9.98 Å². The number of nitrogens with zero attached hydrogens (tertiary/aromatic N) is 5. The largest absolute Gasteiger partial charge is 0.351 e. The molecule has 0 saturated carbocycles. The molecule has 0 aliphatic carbocycles. The third-order valence-electron chi connectivity index (χ3n) is 4.61. The minimum absolute atomic E-state index is 0.224. The highest BCUT2D eigenvalue weighted by atomic mass is 32.2. The summed E-state index contributed by atoms with van der Waals surface area (Å²) in [6, 6.07) is 13.6. The normalized spacial score (nSPS) is 17.2. The monoisotopic (exact) mass is 469 g/mol. The van der Waals surface area contributed by atoms with Crippen LogP contribution in [0.25, 0.3) is 0 Å². The SMILES string of the molecule is O=S1(=O)NC(=NCCCN(Cc2cccs2)c2ccccn2)C(=NCc2ccncc2)N1. The van der Waals surface area contributed by atoms with E-state index in [9.17, 15) is 8.42 Å². The minimum atomic E-state index is -3.67. The van der Waals surface area contributed by atoms with E-state index in [2.05, 4.69) is 45.7 Å². The van der Waals surface area contributed by atoms with Crippen LogP contribution in [0.1, 0.15) is 16.9 Å². The lowest BCUT2D eigenvalue weighted by Gasteiger charge is -2.22. The van der Waals surface area contributed by atoms with Gasteiger partial charge in [-0.3, -0.25) is 15.0 Å². The molecule has 1 saturated heterocycles. The second-order valence-corrected chi connectivity index (χ2v) is 9.45. The molecule has 1 aliphatic heterocycles. The number of thiophene rings is 1. The Morgan fingerprint density at radius 1 is 0.969 bits per heavy atom. The topological polar surface area (TPSA) is 112 Å². The maximum atomic E-state index is 12.0. The molecule has 166 valence electrons. The predicted octanol–water partition coefficient (Wildman–Crippen LogP) is 2.37. The van der Waals surface area contributed by atoms with Gasteiger partial charge in [0.25, 0.3) is 0 Å². The molecule has 3 aromatic rings. The summed E-state index contributed by atoms with van der Waals surface area (Å²) in [5, 5.41) is 2.06. The van der Waals surface area contributed by atoms with Gasteiger partial charge in [-0.05, 0) is 47.7 Å². The number of aromatic nitrogens is 2. The summed E-state index contributed by atoms with van der Waals surface area (Å²) in [7, 11) is -3.67. The Morgan fingerprint density at radius 2 is 1.78 bits per heavy atom. The van der Waals surface area contributed by atoms with Crippen LogP contribution in [0.4, 0.5) is 5.82 Å². The van der Waals surface area contributed by atoms with Crippen molar-refractivity contribution in [1.82, 2.24) is 19.4 Å². The van der Waals surface area contributed by atoms with Gasteiger partial charge in [-0.15, -0.1) is 11.3 Å². The summed E-state index contributed by atoms with van der Waals surface area (Å²) < 4.78 is 28.7. The minimum Gasteiger partial charge on any atom is -0.351 e. The fraction of sp³-hybridized carbons (Fsp3) is 0.238. The number of hydrogen-bond acceptors (Lipinski definition) is 8. The van der Waals surface area contributed by atoms with Gasteiger partial charge in [0.05, 0.1) is 13.1 Å². The molecule has 4 heterocycles. The van der Waals surface area contributed by atoms with E-state index in [0.29, 0.717) is 13.1 Å².